The number of hydrogen-bond donors (Lipinski definition) is 0. The molecule has 0 amide bonds. The topological polar surface area (TPSA) is 0 Å². The van der Waals surface area contributed by atoms with E-state index in [1.165, 1.54) is 6.42 Å². The van der Waals surface area contributed by atoms with Crippen molar-refractivity contribution in [3.8, 4) is 0 Å². The van der Waals surface area contributed by atoms with Gasteiger partial charge in [0.2, 0.25) is 0 Å². The molecule has 0 unspecified atom stereocenters. The van der Waals surface area contributed by atoms with Crippen molar-refractivity contribution in [3.05, 3.63) is 0 Å². The van der Waals surface area contributed by atoms with Crippen LogP contribution in [0.3, 0.4) is 0 Å². The first kappa shape index (κ1) is 4.06. The molecule has 0 saturated heterocycles. The van der Waals surface area contributed by atoms with Gasteiger partial charge in [-0.05, 0) is 0 Å². The predicted molar refractivity (Wildman–Crippen MR) is 22.2 cm³/mol. The number of rotatable bonds is 1. The molecule has 0 aliphatic carbocycles. The van der Waals surface area contributed by atoms with Crippen molar-refractivity contribution in [3.63, 3.8) is 0 Å². The molecule has 0 aromatic carbocycles. The van der Waals surface area contributed by atoms with Gasteiger partial charge in [0, 0.05) is 0 Å². The molecule has 0 bridgehead atoms. The summed E-state index contributed by atoms with van der Waals surface area (Å²) in [6.07, 6.45) is 2.28. The van der Waals surface area contributed by atoms with E-state index in [0.717, 1.165) is 6.32 Å². The lowest BCUT2D eigenvalue weighted by Crippen LogP contribution is -1.55. The maximum absolute atomic E-state index is 3.60. The van der Waals surface area contributed by atoms with Crippen LogP contribution in [0.15, 0.2) is 0 Å². The lowest BCUT2D eigenvalue weighted by atomic mass is 10.0. The van der Waals surface area contributed by atoms with Crippen LogP contribution >= 0.6 is 0 Å². The molecule has 0 spiro atoms. The Balaban J connectivity index is 1.97. The molecule has 0 rings (SSSR count). The Bertz CT molecular complexity index is 5.25. The second-order valence-corrected chi connectivity index (χ2v) is 0.854. The largest absolute Gasteiger partial charge is 0.0865 e. The van der Waals surface area contributed by atoms with Crippen LogP contribution in [-0.4, -0.2) is 7.85 Å². The van der Waals surface area contributed by atoms with Gasteiger partial charge in [0.15, 0.2) is 0 Å². The van der Waals surface area contributed by atoms with Gasteiger partial charge in [-0.25, -0.2) is 0 Å². The zero-order valence-corrected chi connectivity index (χ0v) is 3.12. The summed E-state index contributed by atoms with van der Waals surface area (Å²) < 4.78 is 0. The second kappa shape index (κ2) is 3.06. The fraction of sp³-hybridized carbons (Fsp3) is 1.00. The minimum Gasteiger partial charge on any atom is -0.0848 e. The maximum Gasteiger partial charge on any atom is 0.0865 e. The highest BCUT2D eigenvalue weighted by atomic mass is 13.5. The van der Waals surface area contributed by atoms with Gasteiger partial charge < -0.3 is 0 Å². The predicted octanol–water partition coefficient (Wildman–Crippen LogP) is 0.716. The average molecular weight is 54.9 g/mol. The van der Waals surface area contributed by atoms with E-state index in [0.29, 0.717) is 0 Å². The van der Waals surface area contributed by atoms with Crippen LogP contribution in [0, 0.1) is 0 Å². The van der Waals surface area contributed by atoms with E-state index in [9.17, 15) is 0 Å². The summed E-state index contributed by atoms with van der Waals surface area (Å²) in [6.45, 7) is 2.12. The zero-order chi connectivity index (χ0) is 3.41. The van der Waals surface area contributed by atoms with Gasteiger partial charge in [-0.1, -0.05) is 19.7 Å². The molecule has 0 aliphatic heterocycles. The van der Waals surface area contributed by atoms with Crippen molar-refractivity contribution < 1.29 is 0 Å². The van der Waals surface area contributed by atoms with Gasteiger partial charge >= 0.3 is 0 Å². The Morgan fingerprint density at radius 2 is 2.00 bits per heavy atom. The van der Waals surface area contributed by atoms with E-state index in [2.05, 4.69) is 14.8 Å². The summed E-state index contributed by atoms with van der Waals surface area (Å²) in [5.41, 5.74) is 0. The summed E-state index contributed by atoms with van der Waals surface area (Å²) in [7, 11) is 3.60. The third-order valence-electron chi connectivity index (χ3n) is 0.354. The van der Waals surface area contributed by atoms with Gasteiger partial charge in [-0.2, -0.15) is 0 Å². The molecule has 0 aliphatic rings. The Morgan fingerprint density at radius 3 is 2.00 bits per heavy atom. The van der Waals surface area contributed by atoms with Crippen LogP contribution in [-0.2, 0) is 0 Å². The Morgan fingerprint density at radius 1 is 1.75 bits per heavy atom. The van der Waals surface area contributed by atoms with E-state index in [1.54, 1.807) is 0 Å². The molecular weight excluding hydrogens is 46.8 g/mol. The average Bonchev–Trinajstić information content (AvgIpc) is 1.37. The molecule has 0 atom stereocenters. The summed E-state index contributed by atoms with van der Waals surface area (Å²) in [5.74, 6) is 0. The van der Waals surface area contributed by atoms with Gasteiger partial charge in [0.1, 0.15) is 0 Å². The van der Waals surface area contributed by atoms with E-state index < -0.39 is 0 Å². The molecular formula is C3H8B. The first-order chi connectivity index (χ1) is 1.91. The molecule has 1 radical (unpaired) electrons. The standard InChI is InChI=1S/C3H8B/c1-2-3-4/h4H,2-3H2,1H3. The van der Waals surface area contributed by atoms with E-state index in [1.807, 2.05) is 0 Å². The van der Waals surface area contributed by atoms with Crippen molar-refractivity contribution in [2.24, 2.45) is 0 Å². The molecule has 23 valence electrons. The highest BCUT2D eigenvalue weighted by Crippen LogP contribution is 1.73. The molecule has 1 heteroatoms. The van der Waals surface area contributed by atoms with Crippen LogP contribution in [0.1, 0.15) is 13.3 Å². The molecule has 0 heterocycles. The van der Waals surface area contributed by atoms with Crippen molar-refractivity contribution in [2.45, 2.75) is 19.7 Å². The molecule has 0 saturated carbocycles. The third-order valence-corrected chi connectivity index (χ3v) is 0.354. The fourth-order valence-electron chi connectivity index (χ4n) is 0. The first-order valence-corrected chi connectivity index (χ1v) is 1.71. The Labute approximate surface area is 28.6 Å². The summed E-state index contributed by atoms with van der Waals surface area (Å²) in [5, 5.41) is 0. The fourth-order valence-corrected chi connectivity index (χ4v) is 0. The van der Waals surface area contributed by atoms with Crippen molar-refractivity contribution in [1.29, 1.82) is 0 Å². The molecule has 4 heavy (non-hydrogen) atoms. The van der Waals surface area contributed by atoms with E-state index >= 15 is 0 Å². The highest BCUT2D eigenvalue weighted by molar-refractivity contribution is 6.08. The molecule has 0 fully saturated rings. The molecule has 0 aromatic heterocycles. The molecule has 0 aromatic rings. The summed E-state index contributed by atoms with van der Waals surface area (Å²) >= 11 is 0. The van der Waals surface area contributed by atoms with Crippen molar-refractivity contribution in [2.75, 3.05) is 0 Å². The lowest BCUT2D eigenvalue weighted by molar-refractivity contribution is 1.08. The minimum absolute atomic E-state index is 1.07. The Hall–Kier alpha value is 0.0649. The van der Waals surface area contributed by atoms with Gasteiger partial charge in [-0.15, -0.1) is 0 Å². The zero-order valence-electron chi connectivity index (χ0n) is 3.12. The van der Waals surface area contributed by atoms with Crippen molar-refractivity contribution >= 4 is 7.85 Å². The SMILES string of the molecule is [BH]CCC. The van der Waals surface area contributed by atoms with E-state index in [4.69, 9.17) is 0 Å². The van der Waals surface area contributed by atoms with Crippen molar-refractivity contribution in [1.82, 2.24) is 0 Å². The normalized spacial score (nSPS) is 7.25. The quantitative estimate of drug-likeness (QED) is 0.387. The Kier molecular flexibility index (Phi) is 3.11. The van der Waals surface area contributed by atoms with Gasteiger partial charge in [0.05, 0.1) is 7.85 Å². The monoisotopic (exact) mass is 55.1 g/mol. The van der Waals surface area contributed by atoms with Gasteiger partial charge in [-0.3, -0.25) is 0 Å². The first-order valence-electron chi connectivity index (χ1n) is 1.71. The highest BCUT2D eigenvalue weighted by Gasteiger charge is 1.57. The van der Waals surface area contributed by atoms with Crippen LogP contribution in [0.2, 0.25) is 6.32 Å². The lowest BCUT2D eigenvalue weighted by Gasteiger charge is -1.67. The molecule has 0 N–H and O–H groups in total. The third kappa shape index (κ3) is 2.06. The maximum atomic E-state index is 3.60. The van der Waals surface area contributed by atoms with Crippen LogP contribution in [0.25, 0.3) is 0 Å². The molecule has 0 nitrogen and oxygen atoms in total. The van der Waals surface area contributed by atoms with Crippen LogP contribution < -0.4 is 0 Å². The van der Waals surface area contributed by atoms with Crippen LogP contribution in [0.5, 0.6) is 0 Å². The minimum atomic E-state index is 1.07. The van der Waals surface area contributed by atoms with Crippen LogP contribution in [0.4, 0.5) is 0 Å². The second-order valence-electron chi connectivity index (χ2n) is 0.854. The van der Waals surface area contributed by atoms with E-state index in [-0.39, 0.29) is 0 Å². The smallest absolute Gasteiger partial charge is 0.0848 e. The number of hydrogen-bond acceptors (Lipinski definition) is 0. The van der Waals surface area contributed by atoms with Gasteiger partial charge in [0.25, 0.3) is 0 Å². The summed E-state index contributed by atoms with van der Waals surface area (Å²) in [4.78, 5) is 0. The summed E-state index contributed by atoms with van der Waals surface area (Å²) in [6, 6.07) is 0.